The Labute approximate surface area is 138 Å². The molecule has 2 aromatic heterocycles. The van der Waals surface area contributed by atoms with Crippen LogP contribution < -0.4 is 0 Å². The van der Waals surface area contributed by atoms with Gasteiger partial charge in [-0.15, -0.1) is 16.4 Å². The summed E-state index contributed by atoms with van der Waals surface area (Å²) in [4.78, 5) is 18.7. The van der Waals surface area contributed by atoms with Crippen molar-refractivity contribution in [2.45, 2.75) is 25.3 Å². The van der Waals surface area contributed by atoms with Gasteiger partial charge in [0.05, 0.1) is 17.8 Å². The van der Waals surface area contributed by atoms with Crippen LogP contribution in [0.5, 0.6) is 0 Å². The summed E-state index contributed by atoms with van der Waals surface area (Å²) in [5, 5.41) is 10.2. The van der Waals surface area contributed by atoms with Crippen molar-refractivity contribution in [3.05, 3.63) is 28.0 Å². The molecular weight excluding hydrogens is 314 g/mol. The summed E-state index contributed by atoms with van der Waals surface area (Å²) >= 11 is 1.43. The Morgan fingerprint density at radius 1 is 1.43 bits per heavy atom. The third-order valence-electron chi connectivity index (χ3n) is 4.49. The van der Waals surface area contributed by atoms with E-state index in [4.69, 9.17) is 4.74 Å². The van der Waals surface area contributed by atoms with Gasteiger partial charge >= 0.3 is 0 Å². The zero-order chi connectivity index (χ0) is 15.8. The van der Waals surface area contributed by atoms with Crippen molar-refractivity contribution in [1.82, 2.24) is 24.9 Å². The van der Waals surface area contributed by atoms with Crippen LogP contribution in [-0.2, 0) is 18.2 Å². The zero-order valence-electron chi connectivity index (χ0n) is 13.0. The zero-order valence-corrected chi connectivity index (χ0v) is 13.8. The van der Waals surface area contributed by atoms with Crippen LogP contribution >= 0.6 is 11.3 Å². The van der Waals surface area contributed by atoms with E-state index in [9.17, 15) is 4.79 Å². The monoisotopic (exact) mass is 333 g/mol. The predicted molar refractivity (Wildman–Crippen MR) is 84.1 cm³/mol. The molecule has 0 spiro atoms. The summed E-state index contributed by atoms with van der Waals surface area (Å²) in [5.41, 5.74) is 4.13. The lowest BCUT2D eigenvalue weighted by molar-refractivity contribution is 0.0352. The summed E-state index contributed by atoms with van der Waals surface area (Å²) in [6.07, 6.45) is 3.26. The van der Waals surface area contributed by atoms with Crippen LogP contribution in [0.25, 0.3) is 0 Å². The maximum absolute atomic E-state index is 12.8. The van der Waals surface area contributed by atoms with E-state index >= 15 is 0 Å². The lowest BCUT2D eigenvalue weighted by Gasteiger charge is -2.34. The summed E-state index contributed by atoms with van der Waals surface area (Å²) in [6, 6.07) is -0.180. The number of nitrogens with zero attached hydrogens (tertiary/aromatic N) is 5. The van der Waals surface area contributed by atoms with E-state index in [1.807, 2.05) is 11.9 Å². The van der Waals surface area contributed by atoms with Gasteiger partial charge in [0.25, 0.3) is 5.91 Å². The van der Waals surface area contributed by atoms with Crippen molar-refractivity contribution in [1.29, 1.82) is 0 Å². The molecule has 1 atom stereocenters. The van der Waals surface area contributed by atoms with Crippen LogP contribution in [0.3, 0.4) is 0 Å². The van der Waals surface area contributed by atoms with Crippen LogP contribution in [0.4, 0.5) is 0 Å². The minimum absolute atomic E-state index is 0.0532. The highest BCUT2D eigenvalue weighted by atomic mass is 32.1. The van der Waals surface area contributed by atoms with E-state index in [2.05, 4.69) is 15.3 Å². The average Bonchev–Trinajstić information content (AvgIpc) is 3.07. The molecule has 2 aliphatic rings. The smallest absolute Gasteiger partial charge is 0.273 e. The van der Waals surface area contributed by atoms with E-state index in [-0.39, 0.29) is 11.9 Å². The largest absolute Gasteiger partial charge is 0.379 e. The van der Waals surface area contributed by atoms with Crippen LogP contribution in [0.2, 0.25) is 0 Å². The van der Waals surface area contributed by atoms with E-state index in [1.165, 1.54) is 24.2 Å². The fourth-order valence-electron chi connectivity index (χ4n) is 2.98. The predicted octanol–water partition coefficient (Wildman–Crippen LogP) is 1.44. The number of rotatable bonds is 5. The van der Waals surface area contributed by atoms with Gasteiger partial charge in [-0.05, 0) is 18.8 Å². The van der Waals surface area contributed by atoms with Crippen molar-refractivity contribution in [2.75, 3.05) is 19.8 Å². The normalized spacial score (nSPS) is 20.6. The topological polar surface area (TPSA) is 73.1 Å². The molecule has 1 unspecified atom stereocenters. The number of aromatic nitrogens is 4. The van der Waals surface area contributed by atoms with Gasteiger partial charge in [-0.1, -0.05) is 5.21 Å². The fourth-order valence-corrected chi connectivity index (χ4v) is 3.51. The third kappa shape index (κ3) is 2.88. The van der Waals surface area contributed by atoms with Crippen LogP contribution in [0.15, 0.2) is 10.9 Å². The second-order valence-electron chi connectivity index (χ2n) is 6.16. The number of aryl methyl sites for hydroxylation is 1. The van der Waals surface area contributed by atoms with Gasteiger partial charge in [0.1, 0.15) is 17.4 Å². The molecule has 4 rings (SSSR count). The minimum Gasteiger partial charge on any atom is -0.379 e. The summed E-state index contributed by atoms with van der Waals surface area (Å²) in [5.74, 6) is 0.644. The Hall–Kier alpha value is -1.80. The van der Waals surface area contributed by atoms with Gasteiger partial charge in [0, 0.05) is 32.0 Å². The lowest BCUT2D eigenvalue weighted by Crippen LogP contribution is -2.42. The molecule has 122 valence electrons. The lowest BCUT2D eigenvalue weighted by atomic mass is 10.0. The molecule has 0 N–H and O–H groups in total. The molecule has 23 heavy (non-hydrogen) atoms. The molecule has 1 amide bonds. The van der Waals surface area contributed by atoms with Crippen LogP contribution in [0.1, 0.15) is 40.8 Å². The number of carbonyl (C=O) groups excluding carboxylic acids is 1. The van der Waals surface area contributed by atoms with Crippen LogP contribution in [0, 0.1) is 5.92 Å². The molecule has 1 fully saturated rings. The van der Waals surface area contributed by atoms with Gasteiger partial charge in [-0.25, -0.2) is 4.98 Å². The van der Waals surface area contributed by atoms with E-state index in [0.29, 0.717) is 24.8 Å². The maximum atomic E-state index is 12.8. The highest BCUT2D eigenvalue weighted by molar-refractivity contribution is 7.07. The number of ether oxygens (including phenoxy) is 1. The number of fused-ring (bicyclic) bond motifs is 1. The first-order chi connectivity index (χ1) is 11.2. The van der Waals surface area contributed by atoms with Gasteiger partial charge in [0.15, 0.2) is 0 Å². The molecule has 8 heteroatoms. The van der Waals surface area contributed by atoms with Crippen molar-refractivity contribution < 1.29 is 9.53 Å². The standard InChI is InChI=1S/C15H19N5O2S/c1-19-12-4-5-20(15(21)11-8-23-9-16-11)13(14(12)17-18-19)7-22-6-10-2-3-10/h8-10,13H,2-7H2,1H3. The van der Waals surface area contributed by atoms with Gasteiger partial charge < -0.3 is 9.64 Å². The average molecular weight is 333 g/mol. The second kappa shape index (κ2) is 6.01. The number of hydrogen-bond donors (Lipinski definition) is 0. The minimum atomic E-state index is -0.180. The first-order valence-electron chi connectivity index (χ1n) is 7.89. The molecular formula is C15H19N5O2S. The molecule has 3 heterocycles. The van der Waals surface area contributed by atoms with Crippen molar-refractivity contribution >= 4 is 17.2 Å². The van der Waals surface area contributed by atoms with Crippen molar-refractivity contribution in [3.8, 4) is 0 Å². The molecule has 1 saturated carbocycles. The Balaban J connectivity index is 1.57. The Morgan fingerprint density at radius 2 is 2.30 bits per heavy atom. The van der Waals surface area contributed by atoms with Crippen LogP contribution in [-0.4, -0.2) is 50.5 Å². The molecule has 7 nitrogen and oxygen atoms in total. The van der Waals surface area contributed by atoms with E-state index < -0.39 is 0 Å². The maximum Gasteiger partial charge on any atom is 0.273 e. The van der Waals surface area contributed by atoms with Gasteiger partial charge in [-0.2, -0.15) is 0 Å². The molecule has 2 aromatic rings. The number of amides is 1. The summed E-state index contributed by atoms with van der Waals surface area (Å²) in [6.45, 7) is 1.88. The van der Waals surface area contributed by atoms with E-state index in [1.54, 1.807) is 15.6 Å². The molecule has 0 aromatic carbocycles. The SMILES string of the molecule is Cn1nnc2c1CCN(C(=O)c1cscn1)C2COCC1CC1. The second-order valence-corrected chi connectivity index (χ2v) is 6.88. The third-order valence-corrected chi connectivity index (χ3v) is 5.08. The summed E-state index contributed by atoms with van der Waals surface area (Å²) < 4.78 is 7.67. The van der Waals surface area contributed by atoms with Gasteiger partial charge in [-0.3, -0.25) is 9.48 Å². The highest BCUT2D eigenvalue weighted by Crippen LogP contribution is 2.32. The quantitative estimate of drug-likeness (QED) is 0.828. The molecule has 0 saturated heterocycles. The number of thiazole rings is 1. The molecule has 1 aliphatic carbocycles. The highest BCUT2D eigenvalue weighted by Gasteiger charge is 2.36. The first kappa shape index (κ1) is 14.8. The van der Waals surface area contributed by atoms with Crippen molar-refractivity contribution in [2.24, 2.45) is 13.0 Å². The Kier molecular flexibility index (Phi) is 3.86. The Bertz CT molecular complexity index is 695. The fraction of sp³-hybridized carbons (Fsp3) is 0.600. The summed E-state index contributed by atoms with van der Waals surface area (Å²) in [7, 11) is 1.89. The molecule has 1 aliphatic heterocycles. The van der Waals surface area contributed by atoms with E-state index in [0.717, 1.165) is 24.4 Å². The Morgan fingerprint density at radius 3 is 3.04 bits per heavy atom. The number of carbonyl (C=O) groups is 1. The molecule has 0 radical (unpaired) electrons. The number of hydrogen-bond acceptors (Lipinski definition) is 6. The first-order valence-corrected chi connectivity index (χ1v) is 8.83. The van der Waals surface area contributed by atoms with Gasteiger partial charge in [0.2, 0.25) is 0 Å². The van der Waals surface area contributed by atoms with Crippen molar-refractivity contribution in [3.63, 3.8) is 0 Å². The molecule has 0 bridgehead atoms.